The molecule has 2 aliphatic rings. The highest BCUT2D eigenvalue weighted by Crippen LogP contribution is 2.43. The van der Waals surface area contributed by atoms with Crippen LogP contribution in [-0.2, 0) is 0 Å². The van der Waals surface area contributed by atoms with Crippen LogP contribution in [0.3, 0.4) is 0 Å². The van der Waals surface area contributed by atoms with Gasteiger partial charge in [0, 0.05) is 36.0 Å². The average Bonchev–Trinajstić information content (AvgIpc) is 2.48. The molecular weight excluding hydrogens is 256 g/mol. The molecule has 0 unspecified atom stereocenters. The molecule has 0 atom stereocenters. The fourth-order valence-corrected chi connectivity index (χ4v) is 4.73. The van der Waals surface area contributed by atoms with E-state index in [4.69, 9.17) is 5.26 Å². The summed E-state index contributed by atoms with van der Waals surface area (Å²) < 4.78 is 0.390. The molecule has 1 aromatic rings. The first-order valence-corrected chi connectivity index (χ1v) is 7.92. The third-order valence-corrected chi connectivity index (χ3v) is 5.63. The van der Waals surface area contributed by atoms with Gasteiger partial charge in [0.1, 0.15) is 6.07 Å². The summed E-state index contributed by atoms with van der Waals surface area (Å²) in [7, 11) is 0. The van der Waals surface area contributed by atoms with Gasteiger partial charge in [0.25, 0.3) is 0 Å². The van der Waals surface area contributed by atoms with Gasteiger partial charge in [0.05, 0.1) is 0 Å². The fraction of sp³-hybridized carbons (Fsp3) is 0.643. The summed E-state index contributed by atoms with van der Waals surface area (Å²) in [6, 6.07) is 2.16. The third kappa shape index (κ3) is 2.55. The molecule has 0 bridgehead atoms. The Balaban J connectivity index is 1.83. The van der Waals surface area contributed by atoms with Crippen LogP contribution in [0.5, 0.6) is 0 Å². The molecule has 0 N–H and O–H groups in total. The highest BCUT2D eigenvalue weighted by molar-refractivity contribution is 8.00. The number of anilines is 1. The predicted molar refractivity (Wildman–Crippen MR) is 77.2 cm³/mol. The van der Waals surface area contributed by atoms with Crippen molar-refractivity contribution in [3.8, 4) is 6.07 Å². The standard InChI is InChI=1S/C14H18N4S/c15-10-12-13(17-7-6-16-12)18-8-9-19-14(11-18)4-2-1-3-5-14/h6-7H,1-5,8-9,11H2. The van der Waals surface area contributed by atoms with Crippen molar-refractivity contribution in [2.45, 2.75) is 36.9 Å². The van der Waals surface area contributed by atoms with Crippen LogP contribution in [0.25, 0.3) is 0 Å². The molecule has 0 aromatic carbocycles. The van der Waals surface area contributed by atoms with E-state index >= 15 is 0 Å². The zero-order valence-electron chi connectivity index (χ0n) is 11.0. The molecule has 19 heavy (non-hydrogen) atoms. The van der Waals surface area contributed by atoms with E-state index in [1.807, 2.05) is 0 Å². The van der Waals surface area contributed by atoms with Crippen molar-refractivity contribution < 1.29 is 0 Å². The van der Waals surface area contributed by atoms with E-state index in [1.54, 1.807) is 12.4 Å². The zero-order valence-corrected chi connectivity index (χ0v) is 11.8. The van der Waals surface area contributed by atoms with E-state index < -0.39 is 0 Å². The van der Waals surface area contributed by atoms with E-state index in [9.17, 15) is 0 Å². The number of aromatic nitrogens is 2. The van der Waals surface area contributed by atoms with Crippen LogP contribution >= 0.6 is 11.8 Å². The summed E-state index contributed by atoms with van der Waals surface area (Å²) in [5.74, 6) is 1.90. The Hall–Kier alpha value is -1.28. The molecule has 0 amide bonds. The summed E-state index contributed by atoms with van der Waals surface area (Å²) in [5.41, 5.74) is 0.459. The van der Waals surface area contributed by atoms with Crippen LogP contribution in [0.4, 0.5) is 5.82 Å². The lowest BCUT2D eigenvalue weighted by Crippen LogP contribution is -2.48. The second-order valence-corrected chi connectivity index (χ2v) is 6.92. The minimum atomic E-state index is 0.390. The lowest BCUT2D eigenvalue weighted by Gasteiger charge is -2.45. The maximum absolute atomic E-state index is 9.17. The molecule has 5 heteroatoms. The number of thioether (sulfide) groups is 1. The van der Waals surface area contributed by atoms with Crippen molar-refractivity contribution in [2.75, 3.05) is 23.7 Å². The van der Waals surface area contributed by atoms with Crippen LogP contribution < -0.4 is 4.90 Å². The number of nitriles is 1. The van der Waals surface area contributed by atoms with Gasteiger partial charge in [-0.25, -0.2) is 9.97 Å². The van der Waals surface area contributed by atoms with Crippen molar-refractivity contribution in [1.82, 2.24) is 9.97 Å². The van der Waals surface area contributed by atoms with Crippen LogP contribution in [-0.4, -0.2) is 33.6 Å². The summed E-state index contributed by atoms with van der Waals surface area (Å²) in [5, 5.41) is 9.17. The van der Waals surface area contributed by atoms with Gasteiger partial charge < -0.3 is 4.90 Å². The summed E-state index contributed by atoms with van der Waals surface area (Å²) >= 11 is 2.13. The highest BCUT2D eigenvalue weighted by Gasteiger charge is 2.38. The Labute approximate surface area is 118 Å². The van der Waals surface area contributed by atoms with Gasteiger partial charge in [-0.3, -0.25) is 0 Å². The maximum atomic E-state index is 9.17. The Kier molecular flexibility index (Phi) is 3.61. The molecule has 4 nitrogen and oxygen atoms in total. The van der Waals surface area contributed by atoms with Gasteiger partial charge in [0.15, 0.2) is 11.5 Å². The quantitative estimate of drug-likeness (QED) is 0.788. The highest BCUT2D eigenvalue weighted by atomic mass is 32.2. The van der Waals surface area contributed by atoms with Gasteiger partial charge in [-0.15, -0.1) is 0 Å². The number of hydrogen-bond acceptors (Lipinski definition) is 5. The molecular formula is C14H18N4S. The Bertz CT molecular complexity index is 485. The molecule has 1 aliphatic carbocycles. The second-order valence-electron chi connectivity index (χ2n) is 5.35. The zero-order chi connectivity index (χ0) is 13.1. The van der Waals surface area contributed by atoms with E-state index in [0.717, 1.165) is 24.7 Å². The summed E-state index contributed by atoms with van der Waals surface area (Å²) in [6.07, 6.45) is 9.94. The summed E-state index contributed by atoms with van der Waals surface area (Å²) in [6.45, 7) is 1.99. The molecule has 1 spiro atoms. The number of hydrogen-bond donors (Lipinski definition) is 0. The normalized spacial score (nSPS) is 22.2. The predicted octanol–water partition coefficient (Wildman–Crippen LogP) is 2.60. The van der Waals surface area contributed by atoms with Crippen LogP contribution in [0.2, 0.25) is 0 Å². The van der Waals surface area contributed by atoms with E-state index in [2.05, 4.69) is 32.7 Å². The Morgan fingerprint density at radius 3 is 2.79 bits per heavy atom. The average molecular weight is 274 g/mol. The molecule has 1 aromatic heterocycles. The fourth-order valence-electron chi connectivity index (χ4n) is 3.17. The molecule has 1 saturated heterocycles. The van der Waals surface area contributed by atoms with Gasteiger partial charge in [0.2, 0.25) is 0 Å². The van der Waals surface area contributed by atoms with Crippen molar-refractivity contribution in [2.24, 2.45) is 0 Å². The van der Waals surface area contributed by atoms with Crippen molar-refractivity contribution in [3.05, 3.63) is 18.1 Å². The molecule has 100 valence electrons. The topological polar surface area (TPSA) is 52.8 Å². The minimum Gasteiger partial charge on any atom is -0.352 e. The molecule has 1 aliphatic heterocycles. The van der Waals surface area contributed by atoms with Crippen LogP contribution in [0, 0.1) is 11.3 Å². The molecule has 1 saturated carbocycles. The lowest BCUT2D eigenvalue weighted by atomic mass is 9.87. The third-order valence-electron chi connectivity index (χ3n) is 4.10. The van der Waals surface area contributed by atoms with Gasteiger partial charge in [-0.05, 0) is 12.8 Å². The molecule has 2 heterocycles. The van der Waals surface area contributed by atoms with E-state index in [0.29, 0.717) is 10.4 Å². The SMILES string of the molecule is N#Cc1nccnc1N1CCSC2(CCCCC2)C1. The number of nitrogens with zero attached hydrogens (tertiary/aromatic N) is 4. The van der Waals surface area contributed by atoms with Gasteiger partial charge in [-0.2, -0.15) is 17.0 Å². The Morgan fingerprint density at radius 2 is 2.00 bits per heavy atom. The lowest BCUT2D eigenvalue weighted by molar-refractivity contribution is 0.390. The molecule has 0 radical (unpaired) electrons. The largest absolute Gasteiger partial charge is 0.352 e. The first-order chi connectivity index (χ1) is 9.33. The van der Waals surface area contributed by atoms with Crippen molar-refractivity contribution in [1.29, 1.82) is 5.26 Å². The second kappa shape index (κ2) is 5.38. The van der Waals surface area contributed by atoms with Gasteiger partial charge in [-0.1, -0.05) is 19.3 Å². The minimum absolute atomic E-state index is 0.390. The van der Waals surface area contributed by atoms with Crippen molar-refractivity contribution >= 4 is 17.6 Å². The monoisotopic (exact) mass is 274 g/mol. The van der Waals surface area contributed by atoms with Gasteiger partial charge >= 0.3 is 0 Å². The Morgan fingerprint density at radius 1 is 1.21 bits per heavy atom. The number of rotatable bonds is 1. The first-order valence-electron chi connectivity index (χ1n) is 6.93. The van der Waals surface area contributed by atoms with E-state index in [-0.39, 0.29) is 0 Å². The maximum Gasteiger partial charge on any atom is 0.183 e. The van der Waals surface area contributed by atoms with Crippen LogP contribution in [0.15, 0.2) is 12.4 Å². The van der Waals surface area contributed by atoms with Crippen molar-refractivity contribution in [3.63, 3.8) is 0 Å². The molecule has 2 fully saturated rings. The van der Waals surface area contributed by atoms with E-state index in [1.165, 1.54) is 32.1 Å². The summed E-state index contributed by atoms with van der Waals surface area (Å²) in [4.78, 5) is 10.8. The van der Waals surface area contributed by atoms with Crippen LogP contribution in [0.1, 0.15) is 37.8 Å². The smallest absolute Gasteiger partial charge is 0.183 e. The first kappa shape index (κ1) is 12.7. The molecule has 3 rings (SSSR count).